The van der Waals surface area contributed by atoms with E-state index < -0.39 is 18.1 Å². The number of hydrogen-bond acceptors (Lipinski definition) is 5. The van der Waals surface area contributed by atoms with Crippen molar-refractivity contribution in [3.05, 3.63) is 107 Å². The molecule has 3 N–H and O–H groups in total. The summed E-state index contributed by atoms with van der Waals surface area (Å²) in [5.74, 6) is 1.73. The third-order valence-electron chi connectivity index (χ3n) is 7.24. The normalized spacial score (nSPS) is 12.2. The molecule has 3 amide bonds. The van der Waals surface area contributed by atoms with E-state index >= 15 is 0 Å². The van der Waals surface area contributed by atoms with E-state index in [0.717, 1.165) is 24.0 Å². The minimum Gasteiger partial charge on any atom is -0.390 e. The van der Waals surface area contributed by atoms with Gasteiger partial charge in [0.2, 0.25) is 5.91 Å². The number of nitrogens with one attached hydrogen (secondary N) is 2. The van der Waals surface area contributed by atoms with E-state index in [-0.39, 0.29) is 30.3 Å². The van der Waals surface area contributed by atoms with Crippen molar-refractivity contribution in [2.45, 2.75) is 58.6 Å². The van der Waals surface area contributed by atoms with E-state index in [0.29, 0.717) is 37.2 Å². The SMILES string of the molecule is C#Cc1cc(C(=O)NC(Cc2ccccc2)C(O)CN(CC)NC(=O)Cc2ccccc2)cc(C(=O)N(CCC)CCC)c1. The molecule has 0 aliphatic rings. The third kappa shape index (κ3) is 10.4. The van der Waals surface area contributed by atoms with Crippen molar-refractivity contribution in [2.24, 2.45) is 0 Å². The van der Waals surface area contributed by atoms with Crippen LogP contribution in [0.15, 0.2) is 78.9 Å². The van der Waals surface area contributed by atoms with Crippen molar-refractivity contribution >= 4 is 17.7 Å². The van der Waals surface area contributed by atoms with E-state index in [1.165, 1.54) is 0 Å². The molecule has 3 rings (SSSR count). The van der Waals surface area contributed by atoms with Crippen molar-refractivity contribution in [3.63, 3.8) is 0 Å². The maximum absolute atomic E-state index is 13.7. The summed E-state index contributed by atoms with van der Waals surface area (Å²) in [4.78, 5) is 41.5. The lowest BCUT2D eigenvalue weighted by atomic mass is 9.99. The van der Waals surface area contributed by atoms with Crippen LogP contribution in [0.3, 0.4) is 0 Å². The quantitative estimate of drug-likeness (QED) is 0.170. The monoisotopic (exact) mass is 596 g/mol. The first kappa shape index (κ1) is 34.0. The molecule has 8 heteroatoms. The molecule has 0 spiro atoms. The highest BCUT2D eigenvalue weighted by molar-refractivity contribution is 6.00. The van der Waals surface area contributed by atoms with Crippen LogP contribution in [0.25, 0.3) is 0 Å². The molecule has 3 aromatic carbocycles. The smallest absolute Gasteiger partial charge is 0.253 e. The van der Waals surface area contributed by atoms with Gasteiger partial charge in [0.05, 0.1) is 18.6 Å². The van der Waals surface area contributed by atoms with Crippen molar-refractivity contribution in [1.82, 2.24) is 20.7 Å². The number of benzene rings is 3. The molecule has 0 radical (unpaired) electrons. The Kier molecular flexibility index (Phi) is 13.6. The van der Waals surface area contributed by atoms with Gasteiger partial charge < -0.3 is 15.3 Å². The highest BCUT2D eigenvalue weighted by Crippen LogP contribution is 2.15. The summed E-state index contributed by atoms with van der Waals surface area (Å²) in [6.07, 6.45) is 6.86. The first-order valence-corrected chi connectivity index (χ1v) is 15.3. The molecule has 44 heavy (non-hydrogen) atoms. The summed E-state index contributed by atoms with van der Waals surface area (Å²) in [6.45, 7) is 7.66. The van der Waals surface area contributed by atoms with Gasteiger partial charge >= 0.3 is 0 Å². The highest BCUT2D eigenvalue weighted by atomic mass is 16.3. The second-order valence-corrected chi connectivity index (χ2v) is 10.8. The van der Waals surface area contributed by atoms with Gasteiger partial charge in [-0.25, -0.2) is 5.01 Å². The molecule has 3 aromatic rings. The Morgan fingerprint density at radius 1 is 0.864 bits per heavy atom. The number of hydrazine groups is 1. The molecule has 0 aliphatic carbocycles. The number of aliphatic hydroxyl groups is 1. The molecule has 2 atom stereocenters. The van der Waals surface area contributed by atoms with E-state index in [4.69, 9.17) is 6.42 Å². The Morgan fingerprint density at radius 2 is 1.45 bits per heavy atom. The van der Waals surface area contributed by atoms with Gasteiger partial charge in [-0.2, -0.15) is 0 Å². The Bertz CT molecular complexity index is 1400. The number of carbonyl (C=O) groups is 3. The molecule has 8 nitrogen and oxygen atoms in total. The van der Waals surface area contributed by atoms with E-state index in [1.54, 1.807) is 28.1 Å². The summed E-state index contributed by atoms with van der Waals surface area (Å²) < 4.78 is 0. The van der Waals surface area contributed by atoms with Crippen LogP contribution in [-0.2, 0) is 17.6 Å². The van der Waals surface area contributed by atoms with Gasteiger partial charge in [-0.1, -0.05) is 87.4 Å². The Balaban J connectivity index is 1.81. The average Bonchev–Trinajstić information content (AvgIpc) is 3.04. The fourth-order valence-electron chi connectivity index (χ4n) is 5.01. The molecule has 0 heterocycles. The molecule has 0 aromatic heterocycles. The van der Waals surface area contributed by atoms with Crippen molar-refractivity contribution in [3.8, 4) is 12.3 Å². The van der Waals surface area contributed by atoms with Crippen LogP contribution in [0, 0.1) is 12.3 Å². The zero-order valence-electron chi connectivity index (χ0n) is 26.0. The maximum Gasteiger partial charge on any atom is 0.253 e. The second kappa shape index (κ2) is 17.6. The zero-order chi connectivity index (χ0) is 31.9. The summed E-state index contributed by atoms with van der Waals surface area (Å²) in [7, 11) is 0. The maximum atomic E-state index is 13.7. The van der Waals surface area contributed by atoms with Gasteiger partial charge in [0.25, 0.3) is 11.8 Å². The van der Waals surface area contributed by atoms with Crippen LogP contribution in [0.4, 0.5) is 0 Å². The number of nitrogens with zero attached hydrogens (tertiary/aromatic N) is 2. The van der Waals surface area contributed by atoms with Crippen LogP contribution >= 0.6 is 0 Å². The number of rotatable bonds is 16. The fraction of sp³-hybridized carbons (Fsp3) is 0.361. The van der Waals surface area contributed by atoms with Crippen molar-refractivity contribution < 1.29 is 19.5 Å². The molecule has 0 bridgehead atoms. The van der Waals surface area contributed by atoms with Crippen LogP contribution in [0.5, 0.6) is 0 Å². The number of carbonyl (C=O) groups excluding carboxylic acids is 3. The highest BCUT2D eigenvalue weighted by Gasteiger charge is 2.26. The van der Waals surface area contributed by atoms with Crippen LogP contribution in [0.2, 0.25) is 0 Å². The molecular formula is C36H44N4O4. The second-order valence-electron chi connectivity index (χ2n) is 10.8. The third-order valence-corrected chi connectivity index (χ3v) is 7.24. The van der Waals surface area contributed by atoms with Gasteiger partial charge in [-0.3, -0.25) is 19.8 Å². The van der Waals surface area contributed by atoms with Crippen LogP contribution < -0.4 is 10.7 Å². The van der Waals surface area contributed by atoms with Crippen molar-refractivity contribution in [1.29, 1.82) is 0 Å². The lowest BCUT2D eigenvalue weighted by Crippen LogP contribution is -2.53. The van der Waals surface area contributed by atoms with E-state index in [1.807, 2.05) is 81.4 Å². The zero-order valence-corrected chi connectivity index (χ0v) is 26.0. The molecule has 0 aliphatic heterocycles. The molecule has 2 unspecified atom stereocenters. The Hall–Kier alpha value is -4.45. The molecular weight excluding hydrogens is 552 g/mol. The number of amides is 3. The predicted octanol–water partition coefficient (Wildman–Crippen LogP) is 4.23. The first-order chi connectivity index (χ1) is 21.3. The number of hydrogen-bond donors (Lipinski definition) is 3. The summed E-state index contributed by atoms with van der Waals surface area (Å²) >= 11 is 0. The topological polar surface area (TPSA) is 102 Å². The number of aliphatic hydroxyl groups excluding tert-OH is 1. The molecule has 232 valence electrons. The number of likely N-dealkylation sites (N-methyl/N-ethyl adjacent to an activating group) is 1. The van der Waals surface area contributed by atoms with Gasteiger partial charge in [-0.05, 0) is 48.6 Å². The van der Waals surface area contributed by atoms with E-state index in [9.17, 15) is 19.5 Å². The predicted molar refractivity (Wildman–Crippen MR) is 174 cm³/mol. The van der Waals surface area contributed by atoms with Crippen LogP contribution in [-0.4, -0.2) is 71.1 Å². The minimum atomic E-state index is -1.03. The van der Waals surface area contributed by atoms with Gasteiger partial charge in [0.1, 0.15) is 0 Å². The number of terminal acetylenes is 1. The average molecular weight is 597 g/mol. The molecule has 0 saturated heterocycles. The standard InChI is InChI=1S/C36H44N4O4/c1-5-19-39(20-6-2)36(44)31-22-27(7-3)21-30(25-31)35(43)37-32(23-28-15-11-9-12-16-28)33(41)26-40(8-4)38-34(42)24-29-17-13-10-14-18-29/h3,9-18,21-22,25,32-33,41H,5-6,8,19-20,23-24,26H2,1-2,4H3,(H,37,43)(H,38,42). The fourth-order valence-corrected chi connectivity index (χ4v) is 5.01. The van der Waals surface area contributed by atoms with Gasteiger partial charge in [0, 0.05) is 42.9 Å². The largest absolute Gasteiger partial charge is 0.390 e. The van der Waals surface area contributed by atoms with E-state index in [2.05, 4.69) is 16.7 Å². The summed E-state index contributed by atoms with van der Waals surface area (Å²) in [6, 6.07) is 23.0. The lowest BCUT2D eigenvalue weighted by Gasteiger charge is -2.30. The Labute approximate surface area is 261 Å². The molecule has 0 saturated carbocycles. The lowest BCUT2D eigenvalue weighted by molar-refractivity contribution is -0.125. The van der Waals surface area contributed by atoms with Gasteiger partial charge in [-0.15, -0.1) is 6.42 Å². The van der Waals surface area contributed by atoms with Crippen LogP contribution in [0.1, 0.15) is 71.0 Å². The Morgan fingerprint density at radius 3 is 2.02 bits per heavy atom. The summed E-state index contributed by atoms with van der Waals surface area (Å²) in [5.41, 5.74) is 5.70. The summed E-state index contributed by atoms with van der Waals surface area (Å²) in [5, 5.41) is 16.0. The van der Waals surface area contributed by atoms with Crippen molar-refractivity contribution in [2.75, 3.05) is 26.2 Å². The molecule has 0 fully saturated rings. The van der Waals surface area contributed by atoms with Gasteiger partial charge in [0.15, 0.2) is 0 Å². The minimum absolute atomic E-state index is 0.0892. The first-order valence-electron chi connectivity index (χ1n) is 15.3.